The Bertz CT molecular complexity index is 183. The highest BCUT2D eigenvalue weighted by Crippen LogP contribution is 2.31. The van der Waals surface area contributed by atoms with Crippen LogP contribution in [0.5, 0.6) is 0 Å². The topological polar surface area (TPSA) is 15.3 Å². The Hall–Kier alpha value is -0.0800. The average molecular weight is 210 g/mol. The Morgan fingerprint density at radius 3 is 2.60 bits per heavy atom. The van der Waals surface area contributed by atoms with E-state index in [4.69, 9.17) is 0 Å². The molecule has 0 spiro atoms. The van der Waals surface area contributed by atoms with E-state index in [1.54, 1.807) is 0 Å². The maximum Gasteiger partial charge on any atom is 0.0195 e. The Kier molecular flexibility index (Phi) is 4.04. The summed E-state index contributed by atoms with van der Waals surface area (Å²) in [6, 6.07) is 1.54. The monoisotopic (exact) mass is 210 g/mol. The lowest BCUT2D eigenvalue weighted by Gasteiger charge is -2.33. The third-order valence-corrected chi connectivity index (χ3v) is 4.32. The van der Waals surface area contributed by atoms with Crippen molar-refractivity contribution in [3.63, 3.8) is 0 Å². The molecule has 2 rings (SSSR count). The van der Waals surface area contributed by atoms with E-state index in [2.05, 4.69) is 24.2 Å². The zero-order valence-electron chi connectivity index (χ0n) is 10.3. The maximum atomic E-state index is 3.58. The van der Waals surface area contributed by atoms with Gasteiger partial charge in [0, 0.05) is 18.6 Å². The molecule has 1 heterocycles. The third-order valence-electron chi connectivity index (χ3n) is 4.32. The molecule has 1 saturated heterocycles. The molecule has 1 aliphatic carbocycles. The minimum Gasteiger partial charge on any atom is -0.313 e. The number of hydrogen-bond acceptors (Lipinski definition) is 2. The van der Waals surface area contributed by atoms with Gasteiger partial charge in [-0.1, -0.05) is 19.3 Å². The summed E-state index contributed by atoms with van der Waals surface area (Å²) in [5.74, 6) is 1.04. The van der Waals surface area contributed by atoms with Gasteiger partial charge >= 0.3 is 0 Å². The van der Waals surface area contributed by atoms with E-state index < -0.39 is 0 Å². The number of likely N-dealkylation sites (N-methyl/N-ethyl adjacent to an activating group) is 1. The first kappa shape index (κ1) is 11.4. The predicted molar refractivity (Wildman–Crippen MR) is 65.1 cm³/mol. The lowest BCUT2D eigenvalue weighted by atomic mass is 9.81. The minimum atomic E-state index is 0.763. The SMILES string of the molecule is CC(CC1CCC1)N(C)CC1CCCN1. The Morgan fingerprint density at radius 1 is 1.27 bits per heavy atom. The Balaban J connectivity index is 1.66. The lowest BCUT2D eigenvalue weighted by Crippen LogP contribution is -2.41. The first-order chi connectivity index (χ1) is 7.25. The molecule has 1 saturated carbocycles. The van der Waals surface area contributed by atoms with Gasteiger partial charge in [0.1, 0.15) is 0 Å². The molecule has 0 bridgehead atoms. The van der Waals surface area contributed by atoms with E-state index in [9.17, 15) is 0 Å². The summed E-state index contributed by atoms with van der Waals surface area (Å²) in [6.07, 6.45) is 8.62. The minimum absolute atomic E-state index is 0.763. The van der Waals surface area contributed by atoms with Gasteiger partial charge in [0.25, 0.3) is 0 Å². The third kappa shape index (κ3) is 3.18. The van der Waals surface area contributed by atoms with Crippen molar-refractivity contribution in [3.8, 4) is 0 Å². The first-order valence-electron chi connectivity index (χ1n) is 6.69. The summed E-state index contributed by atoms with van der Waals surface area (Å²) >= 11 is 0. The molecule has 0 aromatic carbocycles. The van der Waals surface area contributed by atoms with Crippen molar-refractivity contribution in [3.05, 3.63) is 0 Å². The van der Waals surface area contributed by atoms with Crippen LogP contribution in [-0.2, 0) is 0 Å². The van der Waals surface area contributed by atoms with Crippen LogP contribution in [0, 0.1) is 5.92 Å². The van der Waals surface area contributed by atoms with Gasteiger partial charge in [0.15, 0.2) is 0 Å². The molecule has 2 unspecified atom stereocenters. The molecule has 2 atom stereocenters. The lowest BCUT2D eigenvalue weighted by molar-refractivity contribution is 0.172. The molecule has 0 aromatic heterocycles. The summed E-state index contributed by atoms with van der Waals surface area (Å²) in [5, 5.41) is 3.58. The van der Waals surface area contributed by atoms with Crippen molar-refractivity contribution >= 4 is 0 Å². The highest BCUT2D eigenvalue weighted by Gasteiger charge is 2.23. The van der Waals surface area contributed by atoms with Crippen LogP contribution in [0.15, 0.2) is 0 Å². The normalized spacial score (nSPS) is 29.4. The highest BCUT2D eigenvalue weighted by atomic mass is 15.2. The van der Waals surface area contributed by atoms with Crippen LogP contribution >= 0.6 is 0 Å². The van der Waals surface area contributed by atoms with Crippen LogP contribution in [0.3, 0.4) is 0 Å². The number of nitrogens with one attached hydrogen (secondary N) is 1. The van der Waals surface area contributed by atoms with Gasteiger partial charge in [-0.25, -0.2) is 0 Å². The summed E-state index contributed by atoms with van der Waals surface area (Å²) in [6.45, 7) is 4.87. The predicted octanol–water partition coefficient (Wildman–Crippen LogP) is 2.25. The van der Waals surface area contributed by atoms with Gasteiger partial charge in [-0.3, -0.25) is 0 Å². The summed E-state index contributed by atoms with van der Waals surface area (Å²) in [4.78, 5) is 2.56. The molecule has 2 nitrogen and oxygen atoms in total. The molecule has 88 valence electrons. The van der Waals surface area contributed by atoms with Crippen LogP contribution in [0.1, 0.15) is 45.4 Å². The Morgan fingerprint density at radius 2 is 2.07 bits per heavy atom. The fourth-order valence-electron chi connectivity index (χ4n) is 2.83. The highest BCUT2D eigenvalue weighted by molar-refractivity contribution is 4.81. The van der Waals surface area contributed by atoms with Crippen LogP contribution < -0.4 is 5.32 Å². The van der Waals surface area contributed by atoms with Crippen LogP contribution in [0.4, 0.5) is 0 Å². The van der Waals surface area contributed by atoms with Gasteiger partial charge in [-0.2, -0.15) is 0 Å². The van der Waals surface area contributed by atoms with Crippen molar-refractivity contribution in [2.75, 3.05) is 20.1 Å². The standard InChI is InChI=1S/C13H26N2/c1-11(9-12-5-3-6-12)15(2)10-13-7-4-8-14-13/h11-14H,3-10H2,1-2H3. The van der Waals surface area contributed by atoms with Gasteiger partial charge in [-0.15, -0.1) is 0 Å². The molecule has 0 aromatic rings. The van der Waals surface area contributed by atoms with Crippen molar-refractivity contribution in [2.45, 2.75) is 57.5 Å². The quantitative estimate of drug-likeness (QED) is 0.749. The molecule has 0 amide bonds. The van der Waals surface area contributed by atoms with Crippen molar-refractivity contribution in [1.29, 1.82) is 0 Å². The van der Waals surface area contributed by atoms with Crippen LogP contribution in [-0.4, -0.2) is 37.1 Å². The first-order valence-corrected chi connectivity index (χ1v) is 6.69. The molecule has 2 heteroatoms. The zero-order chi connectivity index (χ0) is 10.7. The van der Waals surface area contributed by atoms with Crippen LogP contribution in [0.25, 0.3) is 0 Å². The van der Waals surface area contributed by atoms with Gasteiger partial charge in [0.05, 0.1) is 0 Å². The molecule has 1 N–H and O–H groups in total. The molecule has 2 fully saturated rings. The second-order valence-corrected chi connectivity index (χ2v) is 5.61. The van der Waals surface area contributed by atoms with Crippen molar-refractivity contribution in [2.24, 2.45) is 5.92 Å². The smallest absolute Gasteiger partial charge is 0.0195 e. The summed E-state index contributed by atoms with van der Waals surface area (Å²) in [7, 11) is 2.29. The second-order valence-electron chi connectivity index (χ2n) is 5.61. The van der Waals surface area contributed by atoms with E-state index >= 15 is 0 Å². The fraction of sp³-hybridized carbons (Fsp3) is 1.00. The van der Waals surface area contributed by atoms with Gasteiger partial charge < -0.3 is 10.2 Å². The average Bonchev–Trinajstić information content (AvgIpc) is 2.63. The van der Waals surface area contributed by atoms with Gasteiger partial charge in [0.2, 0.25) is 0 Å². The molecular weight excluding hydrogens is 184 g/mol. The van der Waals surface area contributed by atoms with E-state index in [0.29, 0.717) is 0 Å². The second kappa shape index (κ2) is 5.31. The summed E-state index contributed by atoms with van der Waals surface area (Å²) < 4.78 is 0. The van der Waals surface area contributed by atoms with Gasteiger partial charge in [-0.05, 0) is 45.7 Å². The summed E-state index contributed by atoms with van der Waals surface area (Å²) in [5.41, 5.74) is 0. The fourth-order valence-corrected chi connectivity index (χ4v) is 2.83. The number of hydrogen-bond donors (Lipinski definition) is 1. The van der Waals surface area contributed by atoms with Crippen LogP contribution in [0.2, 0.25) is 0 Å². The molecule has 0 radical (unpaired) electrons. The number of rotatable bonds is 5. The van der Waals surface area contributed by atoms with E-state index in [1.165, 1.54) is 51.6 Å². The molecule has 15 heavy (non-hydrogen) atoms. The number of nitrogens with zero attached hydrogens (tertiary/aromatic N) is 1. The van der Waals surface area contributed by atoms with Crippen molar-refractivity contribution < 1.29 is 0 Å². The van der Waals surface area contributed by atoms with E-state index in [1.807, 2.05) is 0 Å². The molecular formula is C13H26N2. The largest absolute Gasteiger partial charge is 0.313 e. The molecule has 1 aliphatic heterocycles. The Labute approximate surface area is 94.4 Å². The van der Waals surface area contributed by atoms with Crippen molar-refractivity contribution in [1.82, 2.24) is 10.2 Å². The maximum absolute atomic E-state index is 3.58. The van der Waals surface area contributed by atoms with E-state index in [0.717, 1.165) is 18.0 Å². The van der Waals surface area contributed by atoms with E-state index in [-0.39, 0.29) is 0 Å². The molecule has 2 aliphatic rings. The zero-order valence-corrected chi connectivity index (χ0v) is 10.3.